The molecule has 0 aliphatic carbocycles. The van der Waals surface area contributed by atoms with Crippen molar-refractivity contribution in [1.29, 1.82) is 0 Å². The molecule has 2 N–H and O–H groups in total. The molecule has 34 heavy (non-hydrogen) atoms. The number of halogens is 2. The van der Waals surface area contributed by atoms with Crippen LogP contribution in [0, 0.1) is 5.92 Å². The quantitative estimate of drug-likeness (QED) is 0.382. The molecule has 0 radical (unpaired) electrons. The number of hydrazine groups is 1. The number of hydrogen-bond donors (Lipinski definition) is 2. The molecule has 1 aliphatic heterocycles. The van der Waals surface area contributed by atoms with Gasteiger partial charge in [-0.25, -0.2) is 0 Å². The molecule has 7 nitrogen and oxygen atoms in total. The number of ether oxygens (including phenoxy) is 2. The summed E-state index contributed by atoms with van der Waals surface area (Å²) in [6, 6.07) is 20.1. The number of nitrogens with zero attached hydrogens (tertiary/aromatic N) is 1. The van der Waals surface area contributed by atoms with Gasteiger partial charge >= 0.3 is 0 Å². The summed E-state index contributed by atoms with van der Waals surface area (Å²) >= 11 is 9.67. The molecule has 0 saturated carbocycles. The van der Waals surface area contributed by atoms with Gasteiger partial charge in [-0.3, -0.25) is 20.4 Å². The fourth-order valence-corrected chi connectivity index (χ4v) is 4.28. The summed E-state index contributed by atoms with van der Waals surface area (Å²) < 4.78 is 11.7. The van der Waals surface area contributed by atoms with Crippen LogP contribution in [0.15, 0.2) is 71.2 Å². The first-order chi connectivity index (χ1) is 16.4. The summed E-state index contributed by atoms with van der Waals surface area (Å²) in [7, 11) is 1.59. The van der Waals surface area contributed by atoms with E-state index in [4.69, 9.17) is 21.1 Å². The largest absolute Gasteiger partial charge is 0.497 e. The zero-order valence-electron chi connectivity index (χ0n) is 18.4. The van der Waals surface area contributed by atoms with E-state index in [1.807, 2.05) is 36.4 Å². The molecule has 1 heterocycles. The van der Waals surface area contributed by atoms with E-state index < -0.39 is 5.92 Å². The number of anilines is 2. The molecule has 1 atom stereocenters. The Balaban J connectivity index is 1.30. The number of methoxy groups -OCH3 is 1. The Morgan fingerprint density at radius 3 is 2.62 bits per heavy atom. The van der Waals surface area contributed by atoms with Crippen LogP contribution in [0.25, 0.3) is 0 Å². The van der Waals surface area contributed by atoms with Crippen LogP contribution < -0.4 is 25.2 Å². The first-order valence-electron chi connectivity index (χ1n) is 10.6. The molecule has 0 aromatic heterocycles. The number of benzene rings is 3. The van der Waals surface area contributed by atoms with Crippen LogP contribution in [0.3, 0.4) is 0 Å². The van der Waals surface area contributed by atoms with E-state index in [2.05, 4.69) is 26.8 Å². The summed E-state index contributed by atoms with van der Waals surface area (Å²) in [4.78, 5) is 26.7. The van der Waals surface area contributed by atoms with E-state index in [0.717, 1.165) is 15.7 Å². The molecule has 0 unspecified atom stereocenters. The lowest BCUT2D eigenvalue weighted by atomic mass is 10.1. The monoisotopic (exact) mass is 543 g/mol. The third-order valence-corrected chi connectivity index (χ3v) is 6.47. The molecular weight excluding hydrogens is 522 g/mol. The normalized spacial score (nSPS) is 15.2. The van der Waals surface area contributed by atoms with Crippen LogP contribution in [0.2, 0.25) is 5.02 Å². The third kappa shape index (κ3) is 5.63. The topological polar surface area (TPSA) is 79.9 Å². The summed E-state index contributed by atoms with van der Waals surface area (Å²) in [6.07, 6.45) is 0.151. The average Bonchev–Trinajstić information content (AvgIpc) is 3.24. The number of carbonyl (C=O) groups is 2. The molecule has 3 aromatic rings. The van der Waals surface area contributed by atoms with Crippen LogP contribution in [0.4, 0.5) is 11.4 Å². The predicted molar refractivity (Wildman–Crippen MR) is 135 cm³/mol. The van der Waals surface area contributed by atoms with Crippen LogP contribution in [-0.4, -0.2) is 25.5 Å². The first kappa shape index (κ1) is 23.9. The van der Waals surface area contributed by atoms with Gasteiger partial charge in [-0.05, 0) is 64.5 Å². The number of amides is 2. The van der Waals surface area contributed by atoms with Crippen molar-refractivity contribution in [3.63, 3.8) is 0 Å². The van der Waals surface area contributed by atoms with Crippen LogP contribution >= 0.6 is 27.5 Å². The Morgan fingerprint density at radius 1 is 1.15 bits per heavy atom. The van der Waals surface area contributed by atoms with Gasteiger partial charge in [0.25, 0.3) is 0 Å². The van der Waals surface area contributed by atoms with Crippen molar-refractivity contribution in [2.75, 3.05) is 24.0 Å². The molecule has 9 heteroatoms. The van der Waals surface area contributed by atoms with Crippen molar-refractivity contribution in [3.8, 4) is 11.5 Å². The highest BCUT2D eigenvalue weighted by molar-refractivity contribution is 9.10. The molecular formula is C25H23BrClN3O4. The molecule has 0 bridgehead atoms. The number of nitrogens with one attached hydrogen (secondary N) is 2. The van der Waals surface area contributed by atoms with E-state index in [1.165, 1.54) is 0 Å². The molecule has 4 rings (SSSR count). The summed E-state index contributed by atoms with van der Waals surface area (Å²) in [5.74, 6) is 0.560. The van der Waals surface area contributed by atoms with Crippen molar-refractivity contribution in [1.82, 2.24) is 5.43 Å². The van der Waals surface area contributed by atoms with Crippen molar-refractivity contribution in [3.05, 3.63) is 81.8 Å². The maximum absolute atomic E-state index is 12.7. The Kier molecular flexibility index (Phi) is 7.59. The molecule has 1 saturated heterocycles. The van der Waals surface area contributed by atoms with Gasteiger partial charge in [0.1, 0.15) is 18.1 Å². The van der Waals surface area contributed by atoms with Gasteiger partial charge in [-0.1, -0.05) is 29.8 Å². The van der Waals surface area contributed by atoms with Crippen molar-refractivity contribution < 1.29 is 19.1 Å². The highest BCUT2D eigenvalue weighted by Crippen LogP contribution is 2.30. The molecule has 1 fully saturated rings. The van der Waals surface area contributed by atoms with Crippen molar-refractivity contribution in [2.24, 2.45) is 5.92 Å². The highest BCUT2D eigenvalue weighted by Gasteiger charge is 2.35. The molecule has 176 valence electrons. The van der Waals surface area contributed by atoms with Gasteiger partial charge in [-0.2, -0.15) is 0 Å². The Labute approximate surface area is 211 Å². The summed E-state index contributed by atoms with van der Waals surface area (Å²) in [5, 5.41) is 0.649. The Bertz CT molecular complexity index is 1190. The molecule has 3 aromatic carbocycles. The van der Waals surface area contributed by atoms with Crippen molar-refractivity contribution in [2.45, 2.75) is 13.0 Å². The van der Waals surface area contributed by atoms with Gasteiger partial charge in [0.15, 0.2) is 0 Å². The maximum Gasteiger partial charge on any atom is 0.243 e. The van der Waals surface area contributed by atoms with Gasteiger partial charge in [0.05, 0.1) is 23.2 Å². The van der Waals surface area contributed by atoms with E-state index in [0.29, 0.717) is 35.4 Å². The van der Waals surface area contributed by atoms with Gasteiger partial charge in [0, 0.05) is 29.2 Å². The Morgan fingerprint density at radius 2 is 1.91 bits per heavy atom. The van der Waals surface area contributed by atoms with Crippen LogP contribution in [-0.2, 0) is 16.2 Å². The molecule has 1 aliphatic rings. The second-order valence-corrected chi connectivity index (χ2v) is 9.00. The Hall–Kier alpha value is -3.23. The van der Waals surface area contributed by atoms with Gasteiger partial charge in [-0.15, -0.1) is 0 Å². The predicted octanol–water partition coefficient (Wildman–Crippen LogP) is 5.19. The lowest BCUT2D eigenvalue weighted by Gasteiger charge is -2.17. The van der Waals surface area contributed by atoms with Gasteiger partial charge in [0.2, 0.25) is 11.8 Å². The fourth-order valence-electron chi connectivity index (χ4n) is 3.60. The smallest absolute Gasteiger partial charge is 0.243 e. The lowest BCUT2D eigenvalue weighted by molar-refractivity contribution is -0.125. The summed E-state index contributed by atoms with van der Waals surface area (Å²) in [5.41, 5.74) is 7.90. The highest BCUT2D eigenvalue weighted by atomic mass is 79.9. The molecule has 0 spiro atoms. The minimum Gasteiger partial charge on any atom is -0.497 e. The second kappa shape index (κ2) is 10.8. The van der Waals surface area contributed by atoms with E-state index in [-0.39, 0.29) is 18.2 Å². The zero-order chi connectivity index (χ0) is 24.1. The van der Waals surface area contributed by atoms with Crippen molar-refractivity contribution >= 4 is 50.7 Å². The minimum absolute atomic E-state index is 0.0897. The standard InChI is InChI=1S/C25H23BrClN3O4/c1-33-20-9-7-19(8-10-20)30-14-17(12-24(30)31)25(32)29-28-18-6-11-23(21(26)13-18)34-15-16-4-2-3-5-22(16)27/h2-11,13,17,28H,12,14-15H2,1H3,(H,29,32)/t17-/m1/s1. The minimum atomic E-state index is -0.455. The zero-order valence-corrected chi connectivity index (χ0v) is 20.7. The number of hydrogen-bond acceptors (Lipinski definition) is 5. The molecule has 2 amide bonds. The maximum atomic E-state index is 12.7. The third-order valence-electron chi connectivity index (χ3n) is 5.48. The second-order valence-electron chi connectivity index (χ2n) is 7.74. The number of carbonyl (C=O) groups excluding carboxylic acids is 2. The SMILES string of the molecule is COc1ccc(N2C[C@H](C(=O)NNc3ccc(OCc4ccccc4Cl)c(Br)c3)CC2=O)cc1. The summed E-state index contributed by atoms with van der Waals surface area (Å²) in [6.45, 7) is 0.652. The van der Waals surface area contributed by atoms with E-state index >= 15 is 0 Å². The van der Waals surface area contributed by atoms with E-state index in [9.17, 15) is 9.59 Å². The average molecular weight is 545 g/mol. The lowest BCUT2D eigenvalue weighted by Crippen LogP contribution is -2.36. The van der Waals surface area contributed by atoms with Crippen LogP contribution in [0.1, 0.15) is 12.0 Å². The van der Waals surface area contributed by atoms with E-state index in [1.54, 1.807) is 42.3 Å². The fraction of sp³-hybridized carbons (Fsp3) is 0.200. The number of rotatable bonds is 8. The van der Waals surface area contributed by atoms with Crippen LogP contribution in [0.5, 0.6) is 11.5 Å². The first-order valence-corrected chi connectivity index (χ1v) is 11.8. The van der Waals surface area contributed by atoms with Gasteiger partial charge < -0.3 is 14.4 Å².